The molecule has 0 aliphatic heterocycles. The Morgan fingerprint density at radius 2 is 1.66 bits per heavy atom. The molecule has 0 unspecified atom stereocenters. The summed E-state index contributed by atoms with van der Waals surface area (Å²) in [5, 5.41) is 1.93. The second-order valence-electron chi connectivity index (χ2n) is 8.38. The molecule has 156 valence electrons. The van der Waals surface area contributed by atoms with Gasteiger partial charge >= 0.3 is 0 Å². The molecule has 0 saturated carbocycles. The average Bonchev–Trinajstić information content (AvgIpc) is 3.18. The summed E-state index contributed by atoms with van der Waals surface area (Å²) in [6.45, 7) is 13.4. The van der Waals surface area contributed by atoms with Crippen LogP contribution in [0.5, 0.6) is 0 Å². The number of hydrogen-bond acceptors (Lipinski definition) is 1. The van der Waals surface area contributed by atoms with Crippen molar-refractivity contribution < 1.29 is 11.7 Å². The Labute approximate surface area is 191 Å². The summed E-state index contributed by atoms with van der Waals surface area (Å²) in [6.07, 6.45) is 1.87. The van der Waals surface area contributed by atoms with Gasteiger partial charge in [0, 0.05) is 29.3 Å². The average molecular weight is 420 g/mol. The van der Waals surface area contributed by atoms with E-state index >= 15 is 0 Å². The fourth-order valence-electron chi connectivity index (χ4n) is 4.36. The molecular formula is C29H25N2O+. The van der Waals surface area contributed by atoms with Crippen LogP contribution in [0.2, 0.25) is 0 Å². The van der Waals surface area contributed by atoms with Crippen molar-refractivity contribution in [3.8, 4) is 22.4 Å². The number of aryl methyl sites for hydroxylation is 2. The van der Waals surface area contributed by atoms with E-state index in [0.717, 1.165) is 44.3 Å². The van der Waals surface area contributed by atoms with Crippen LogP contribution in [0.15, 0.2) is 77.3 Å². The fraction of sp³-hybridized carbons (Fsp3) is 0.172. The molecule has 3 aromatic carbocycles. The summed E-state index contributed by atoms with van der Waals surface area (Å²) in [5.41, 5.74) is 7.20. The zero-order chi connectivity index (χ0) is 24.2. The predicted octanol–water partition coefficient (Wildman–Crippen LogP) is 7.73. The molecule has 0 fully saturated rings. The van der Waals surface area contributed by atoms with E-state index in [1.54, 1.807) is 13.8 Å². The first-order valence-corrected chi connectivity index (χ1v) is 10.6. The standard InChI is InChI=1S/C29H25N2O/c1-18(2)21-12-16-25(31(5)17-21)26-19(3)11-13-22-23-14-15-24(30-4)27(29(23)32-28(22)26)20-9-7-6-8-10-20/h6-18H,1-3,5H3/q+1/i12D,18D. The van der Waals surface area contributed by atoms with Gasteiger partial charge in [-0.1, -0.05) is 68.4 Å². The fourth-order valence-corrected chi connectivity index (χ4v) is 4.36. The summed E-state index contributed by atoms with van der Waals surface area (Å²) >= 11 is 0. The minimum Gasteiger partial charge on any atom is -0.456 e. The molecule has 0 aliphatic carbocycles. The molecule has 2 aromatic heterocycles. The minimum atomic E-state index is -0.867. The molecule has 0 spiro atoms. The van der Waals surface area contributed by atoms with E-state index in [1.165, 1.54) is 0 Å². The van der Waals surface area contributed by atoms with Crippen molar-refractivity contribution in [2.24, 2.45) is 7.05 Å². The van der Waals surface area contributed by atoms with Crippen molar-refractivity contribution in [1.29, 1.82) is 0 Å². The number of hydrogen-bond donors (Lipinski definition) is 0. The van der Waals surface area contributed by atoms with Gasteiger partial charge in [-0.15, -0.1) is 0 Å². The van der Waals surface area contributed by atoms with Crippen LogP contribution in [-0.4, -0.2) is 0 Å². The van der Waals surface area contributed by atoms with Crippen molar-refractivity contribution in [3.63, 3.8) is 0 Å². The number of nitrogens with zero attached hydrogens (tertiary/aromatic N) is 2. The SMILES string of the molecule is [2H]c1cc(-c2c(C)ccc3c2oc2c(-c4ccccc4)c([N+]#[C-])ccc23)[n+](C)cc1C([2H])(C)C. The first kappa shape index (κ1) is 17.7. The lowest BCUT2D eigenvalue weighted by Crippen LogP contribution is -2.31. The molecule has 32 heavy (non-hydrogen) atoms. The summed E-state index contributed by atoms with van der Waals surface area (Å²) in [7, 11) is 1.94. The van der Waals surface area contributed by atoms with E-state index in [2.05, 4.69) is 17.0 Å². The van der Waals surface area contributed by atoms with E-state index in [9.17, 15) is 0 Å². The molecule has 0 aliphatic rings. The van der Waals surface area contributed by atoms with Crippen LogP contribution in [0, 0.1) is 13.5 Å². The zero-order valence-electron chi connectivity index (χ0n) is 20.7. The topological polar surface area (TPSA) is 21.4 Å². The number of furan rings is 1. The highest BCUT2D eigenvalue weighted by Gasteiger charge is 2.23. The Morgan fingerprint density at radius 1 is 0.969 bits per heavy atom. The molecule has 0 atom stereocenters. The highest BCUT2D eigenvalue weighted by Crippen LogP contribution is 2.44. The van der Waals surface area contributed by atoms with Gasteiger partial charge in [0.2, 0.25) is 5.69 Å². The molecule has 3 nitrogen and oxygen atoms in total. The van der Waals surface area contributed by atoms with E-state index in [1.807, 2.05) is 73.3 Å². The lowest BCUT2D eigenvalue weighted by atomic mass is 9.97. The Morgan fingerprint density at radius 3 is 2.34 bits per heavy atom. The Hall–Kier alpha value is -3.90. The van der Waals surface area contributed by atoms with Gasteiger partial charge in [0.25, 0.3) is 0 Å². The summed E-state index contributed by atoms with van der Waals surface area (Å²) < 4.78 is 25.6. The Balaban J connectivity index is 1.87. The van der Waals surface area contributed by atoms with Crippen molar-refractivity contribution >= 4 is 27.6 Å². The zero-order valence-corrected chi connectivity index (χ0v) is 18.7. The van der Waals surface area contributed by atoms with Gasteiger partial charge in [0.15, 0.2) is 11.9 Å². The number of pyridine rings is 1. The van der Waals surface area contributed by atoms with Crippen LogP contribution in [0.4, 0.5) is 5.69 Å². The van der Waals surface area contributed by atoms with Crippen molar-refractivity contribution in [2.45, 2.75) is 26.7 Å². The third-order valence-corrected chi connectivity index (χ3v) is 6.04. The Bertz CT molecular complexity index is 1620. The molecule has 3 heteroatoms. The molecular weight excluding hydrogens is 392 g/mol. The first-order chi connectivity index (χ1) is 16.2. The molecule has 0 bridgehead atoms. The third kappa shape index (κ3) is 3.08. The smallest absolute Gasteiger partial charge is 0.216 e. The maximum absolute atomic E-state index is 8.60. The van der Waals surface area contributed by atoms with Gasteiger partial charge in [-0.3, -0.25) is 0 Å². The van der Waals surface area contributed by atoms with E-state index in [0.29, 0.717) is 22.9 Å². The highest BCUT2D eigenvalue weighted by atomic mass is 16.3. The van der Waals surface area contributed by atoms with Crippen LogP contribution in [0.1, 0.15) is 33.6 Å². The van der Waals surface area contributed by atoms with Crippen LogP contribution in [0.3, 0.4) is 0 Å². The predicted molar refractivity (Wildman–Crippen MR) is 131 cm³/mol. The molecule has 0 N–H and O–H groups in total. The second kappa shape index (κ2) is 7.66. The van der Waals surface area contributed by atoms with Gasteiger partial charge in [0.05, 0.1) is 13.5 Å². The summed E-state index contributed by atoms with van der Waals surface area (Å²) in [6, 6.07) is 20.0. The number of benzene rings is 3. The maximum Gasteiger partial charge on any atom is 0.216 e. The summed E-state index contributed by atoms with van der Waals surface area (Å²) in [4.78, 5) is 3.77. The van der Waals surface area contributed by atoms with Crippen molar-refractivity contribution in [1.82, 2.24) is 0 Å². The quantitative estimate of drug-likeness (QED) is 0.217. The van der Waals surface area contributed by atoms with Crippen LogP contribution < -0.4 is 4.57 Å². The third-order valence-electron chi connectivity index (χ3n) is 6.04. The van der Waals surface area contributed by atoms with Crippen LogP contribution in [0.25, 0.3) is 49.2 Å². The minimum absolute atomic E-state index is 0.334. The van der Waals surface area contributed by atoms with Gasteiger partial charge in [0.1, 0.15) is 18.2 Å². The maximum atomic E-state index is 8.60. The summed E-state index contributed by atoms with van der Waals surface area (Å²) in [5.74, 6) is -0.867. The van der Waals surface area contributed by atoms with Gasteiger partial charge in [-0.25, -0.2) is 9.41 Å². The number of fused-ring (bicyclic) bond motifs is 3. The lowest BCUT2D eigenvalue weighted by Gasteiger charge is -2.08. The molecule has 5 rings (SSSR count). The normalized spacial score (nSPS) is 12.6. The van der Waals surface area contributed by atoms with E-state index in [4.69, 9.17) is 13.7 Å². The van der Waals surface area contributed by atoms with Gasteiger partial charge < -0.3 is 4.42 Å². The van der Waals surface area contributed by atoms with Gasteiger partial charge in [-0.2, -0.15) is 0 Å². The van der Waals surface area contributed by atoms with E-state index in [-0.39, 0.29) is 0 Å². The lowest BCUT2D eigenvalue weighted by molar-refractivity contribution is -0.660. The number of rotatable bonds is 3. The van der Waals surface area contributed by atoms with Crippen LogP contribution >= 0.6 is 0 Å². The molecule has 0 saturated heterocycles. The number of aromatic nitrogens is 1. The van der Waals surface area contributed by atoms with Crippen molar-refractivity contribution in [2.75, 3.05) is 0 Å². The van der Waals surface area contributed by atoms with Crippen molar-refractivity contribution in [3.05, 3.63) is 95.4 Å². The Kier molecular flexibility index (Phi) is 4.25. The molecule has 2 heterocycles. The molecule has 5 aromatic rings. The molecule has 0 amide bonds. The highest BCUT2D eigenvalue weighted by molar-refractivity contribution is 6.15. The van der Waals surface area contributed by atoms with Crippen LogP contribution in [-0.2, 0) is 7.05 Å². The monoisotopic (exact) mass is 419 g/mol. The van der Waals surface area contributed by atoms with Gasteiger partial charge in [-0.05, 0) is 30.0 Å². The molecule has 0 radical (unpaired) electrons. The van der Waals surface area contributed by atoms with E-state index < -0.39 is 5.89 Å². The first-order valence-electron chi connectivity index (χ1n) is 11.6. The second-order valence-corrected chi connectivity index (χ2v) is 8.38. The largest absolute Gasteiger partial charge is 0.456 e.